The third-order valence-corrected chi connectivity index (χ3v) is 9.86. The molecule has 5 heteroatoms. The van der Waals surface area contributed by atoms with Gasteiger partial charge < -0.3 is 0 Å². The molecule has 2 rings (SSSR count). The fourth-order valence-corrected chi connectivity index (χ4v) is 8.94. The van der Waals surface area contributed by atoms with Crippen molar-refractivity contribution in [3.05, 3.63) is 43.6 Å². The predicted molar refractivity (Wildman–Crippen MR) is 125 cm³/mol. The minimum absolute atomic E-state index is 0.619. The van der Waals surface area contributed by atoms with Gasteiger partial charge in [-0.05, 0) is 65.2 Å². The Morgan fingerprint density at radius 2 is 1.28 bits per heavy atom. The number of hydrogen-bond donors (Lipinski definition) is 0. The monoisotopic (exact) mass is 586 g/mol. The van der Waals surface area contributed by atoms with Gasteiger partial charge in [-0.25, -0.2) is 8.42 Å². The summed E-state index contributed by atoms with van der Waals surface area (Å²) in [4.78, 5) is 0. The number of unbranched alkanes of at least 4 members (excludes halogenated alkanes) is 2. The molecular formula is C20H28I2O2S. The Kier molecular flexibility index (Phi) is 7.84. The van der Waals surface area contributed by atoms with Gasteiger partial charge in [0.1, 0.15) is 0 Å². The molecule has 0 bridgehead atoms. The quantitative estimate of drug-likeness (QED) is 0.293. The van der Waals surface area contributed by atoms with Gasteiger partial charge in [0.25, 0.3) is 0 Å². The summed E-state index contributed by atoms with van der Waals surface area (Å²) >= 11 is 4.59. The second-order valence-corrected chi connectivity index (χ2v) is 12.5. The van der Waals surface area contributed by atoms with Gasteiger partial charge >= 0.3 is 0 Å². The van der Waals surface area contributed by atoms with Gasteiger partial charge in [0.05, 0.1) is 9.49 Å². The van der Waals surface area contributed by atoms with Gasteiger partial charge in [-0.1, -0.05) is 76.0 Å². The fraction of sp³-hybridized carbons (Fsp3) is 0.600. The maximum atomic E-state index is 14.1. The molecule has 0 saturated carbocycles. The van der Waals surface area contributed by atoms with Crippen LogP contribution in [0, 0.1) is 0 Å². The molecule has 2 atom stereocenters. The molecule has 0 aliphatic heterocycles. The van der Waals surface area contributed by atoms with Crippen LogP contribution in [-0.2, 0) is 9.84 Å². The van der Waals surface area contributed by atoms with Crippen molar-refractivity contribution in [2.24, 2.45) is 0 Å². The molecule has 0 radical (unpaired) electrons. The van der Waals surface area contributed by atoms with Crippen molar-refractivity contribution in [3.63, 3.8) is 0 Å². The average Bonchev–Trinajstić information content (AvgIpc) is 2.58. The number of halogens is 2. The van der Waals surface area contributed by atoms with E-state index in [1.54, 1.807) is 0 Å². The SMILES string of the molecule is CCCCC1(S(=O)(=O)C2(CCCC)C=CC=C(I)C2)C=CC=C(I)C1. The molecule has 140 valence electrons. The Bertz CT molecular complexity index is 649. The van der Waals surface area contributed by atoms with Gasteiger partial charge in [0.2, 0.25) is 0 Å². The molecule has 0 heterocycles. The second-order valence-electron chi connectivity index (χ2n) is 7.14. The summed E-state index contributed by atoms with van der Waals surface area (Å²) in [6.07, 6.45) is 18.5. The summed E-state index contributed by atoms with van der Waals surface area (Å²) in [5, 5.41) is 0. The van der Waals surface area contributed by atoms with Gasteiger partial charge in [-0.15, -0.1) is 0 Å². The molecule has 0 N–H and O–H groups in total. The van der Waals surface area contributed by atoms with E-state index in [9.17, 15) is 8.42 Å². The van der Waals surface area contributed by atoms with Crippen LogP contribution >= 0.6 is 45.2 Å². The van der Waals surface area contributed by atoms with Crippen molar-refractivity contribution in [2.75, 3.05) is 0 Å². The maximum Gasteiger partial charge on any atom is 0.169 e. The highest BCUT2D eigenvalue weighted by atomic mass is 127. The van der Waals surface area contributed by atoms with E-state index in [1.165, 1.54) is 0 Å². The largest absolute Gasteiger partial charge is 0.227 e. The van der Waals surface area contributed by atoms with Crippen LogP contribution in [0.25, 0.3) is 0 Å². The number of rotatable bonds is 8. The highest BCUT2D eigenvalue weighted by molar-refractivity contribution is 14.1. The third kappa shape index (κ3) is 4.45. The molecule has 0 aromatic carbocycles. The molecule has 25 heavy (non-hydrogen) atoms. The molecule has 0 aromatic heterocycles. The van der Waals surface area contributed by atoms with E-state index in [0.717, 1.165) is 32.8 Å². The first-order valence-corrected chi connectivity index (χ1v) is 12.8. The molecule has 0 aromatic rings. The van der Waals surface area contributed by atoms with Crippen LogP contribution in [0.2, 0.25) is 0 Å². The smallest absolute Gasteiger partial charge is 0.169 e. The first kappa shape index (κ1) is 21.7. The summed E-state index contributed by atoms with van der Waals surface area (Å²) in [5.41, 5.74) is 0. The van der Waals surface area contributed by atoms with Crippen LogP contribution in [0.4, 0.5) is 0 Å². The van der Waals surface area contributed by atoms with E-state index in [2.05, 4.69) is 59.0 Å². The molecule has 2 nitrogen and oxygen atoms in total. The van der Waals surface area contributed by atoms with Crippen LogP contribution in [0.15, 0.2) is 43.6 Å². The van der Waals surface area contributed by atoms with E-state index in [1.807, 2.05) is 36.5 Å². The van der Waals surface area contributed by atoms with Crippen molar-refractivity contribution in [1.82, 2.24) is 0 Å². The van der Waals surface area contributed by atoms with Gasteiger partial charge in [0, 0.05) is 12.8 Å². The Hall–Kier alpha value is 0.370. The predicted octanol–water partition coefficient (Wildman–Crippen LogP) is 6.82. The van der Waals surface area contributed by atoms with E-state index < -0.39 is 19.3 Å². The van der Waals surface area contributed by atoms with E-state index in [4.69, 9.17) is 0 Å². The van der Waals surface area contributed by atoms with E-state index in [0.29, 0.717) is 25.7 Å². The van der Waals surface area contributed by atoms with Crippen LogP contribution in [-0.4, -0.2) is 17.9 Å². The minimum Gasteiger partial charge on any atom is -0.227 e. The summed E-state index contributed by atoms with van der Waals surface area (Å²) in [6.45, 7) is 4.26. The van der Waals surface area contributed by atoms with Crippen LogP contribution in [0.5, 0.6) is 0 Å². The lowest BCUT2D eigenvalue weighted by Gasteiger charge is -2.42. The zero-order valence-electron chi connectivity index (χ0n) is 15.1. The van der Waals surface area contributed by atoms with Crippen molar-refractivity contribution in [3.8, 4) is 0 Å². The zero-order chi connectivity index (χ0) is 18.6. The second kappa shape index (κ2) is 9.04. The maximum absolute atomic E-state index is 14.1. The number of hydrogen-bond acceptors (Lipinski definition) is 2. The Labute approximate surface area is 180 Å². The Morgan fingerprint density at radius 3 is 1.60 bits per heavy atom. The van der Waals surface area contributed by atoms with Crippen molar-refractivity contribution >= 4 is 55.0 Å². The average molecular weight is 586 g/mol. The van der Waals surface area contributed by atoms with Crippen LogP contribution in [0.1, 0.15) is 65.2 Å². The van der Waals surface area contributed by atoms with Crippen LogP contribution < -0.4 is 0 Å². The zero-order valence-corrected chi connectivity index (χ0v) is 20.2. The lowest BCUT2D eigenvalue weighted by atomic mass is 9.92. The molecule has 2 aliphatic rings. The number of allylic oxidation sites excluding steroid dienone is 6. The lowest BCUT2D eigenvalue weighted by Crippen LogP contribution is -2.51. The first-order valence-electron chi connectivity index (χ1n) is 9.14. The van der Waals surface area contributed by atoms with E-state index >= 15 is 0 Å². The van der Waals surface area contributed by atoms with Gasteiger partial charge in [-0.2, -0.15) is 0 Å². The van der Waals surface area contributed by atoms with Crippen molar-refractivity contribution in [2.45, 2.75) is 74.7 Å². The Balaban J connectivity index is 2.53. The molecule has 0 spiro atoms. The molecule has 2 aliphatic carbocycles. The summed E-state index contributed by atoms with van der Waals surface area (Å²) in [6, 6.07) is 0. The molecule has 0 amide bonds. The summed E-state index contributed by atoms with van der Waals surface area (Å²) in [7, 11) is -3.38. The fourth-order valence-electron chi connectivity index (χ4n) is 3.80. The molecule has 2 unspecified atom stereocenters. The summed E-state index contributed by atoms with van der Waals surface area (Å²) in [5.74, 6) is 0. The van der Waals surface area contributed by atoms with Crippen molar-refractivity contribution in [1.29, 1.82) is 0 Å². The normalized spacial score (nSPS) is 29.4. The van der Waals surface area contributed by atoms with Crippen LogP contribution in [0.3, 0.4) is 0 Å². The number of sulfone groups is 1. The molecule has 0 saturated heterocycles. The van der Waals surface area contributed by atoms with Gasteiger partial charge in [-0.3, -0.25) is 0 Å². The minimum atomic E-state index is -3.38. The van der Waals surface area contributed by atoms with Gasteiger partial charge in [0.15, 0.2) is 9.84 Å². The van der Waals surface area contributed by atoms with E-state index in [-0.39, 0.29) is 0 Å². The molecule has 0 fully saturated rings. The topological polar surface area (TPSA) is 34.1 Å². The first-order chi connectivity index (χ1) is 11.8. The highest BCUT2D eigenvalue weighted by Crippen LogP contribution is 2.48. The van der Waals surface area contributed by atoms with Crippen molar-refractivity contribution < 1.29 is 8.42 Å². The highest BCUT2D eigenvalue weighted by Gasteiger charge is 2.54. The summed E-state index contributed by atoms with van der Waals surface area (Å²) < 4.78 is 29.0. The standard InChI is InChI=1S/C20H28I2O2S/c1-3-5-11-19(13-7-9-17(21)15-19)25(23,24)20(12-6-4-2)14-8-10-18(22)16-20/h7-10,13-14H,3-6,11-12,15-16H2,1-2H3. The molecular weight excluding hydrogens is 558 g/mol. The third-order valence-electron chi connectivity index (χ3n) is 5.27. The Morgan fingerprint density at radius 1 is 0.880 bits per heavy atom. The lowest BCUT2D eigenvalue weighted by molar-refractivity contribution is 0.469.